The number of carbonyl (C=O) groups excluding carboxylic acids is 1. The van der Waals surface area contributed by atoms with Crippen molar-refractivity contribution < 1.29 is 4.79 Å². The third-order valence-electron chi connectivity index (χ3n) is 6.32. The van der Waals surface area contributed by atoms with E-state index in [2.05, 4.69) is 10.4 Å². The SMILES string of the molecule is Cc1nn(Cc2ccccc2Cl)c(C)c1C(=O)N1CCC2(CCNC2)CC1. The molecule has 1 aromatic heterocycles. The molecule has 2 saturated heterocycles. The Hall–Kier alpha value is -1.85. The first kappa shape index (κ1) is 18.5. The minimum atomic E-state index is 0.121. The molecular weight excluding hydrogens is 360 g/mol. The molecule has 1 spiro atoms. The van der Waals surface area contributed by atoms with Crippen LogP contribution < -0.4 is 5.32 Å². The molecule has 0 atom stereocenters. The van der Waals surface area contributed by atoms with Crippen LogP contribution in [0.1, 0.15) is 46.6 Å². The topological polar surface area (TPSA) is 50.2 Å². The van der Waals surface area contributed by atoms with Crippen molar-refractivity contribution in [2.45, 2.75) is 39.7 Å². The molecule has 0 radical (unpaired) electrons. The summed E-state index contributed by atoms with van der Waals surface area (Å²) < 4.78 is 1.90. The van der Waals surface area contributed by atoms with Gasteiger partial charge in [-0.25, -0.2) is 0 Å². The van der Waals surface area contributed by atoms with E-state index in [1.165, 1.54) is 6.42 Å². The van der Waals surface area contributed by atoms with Gasteiger partial charge in [0.1, 0.15) is 0 Å². The molecule has 0 unspecified atom stereocenters. The molecule has 1 amide bonds. The number of nitrogens with zero attached hydrogens (tertiary/aromatic N) is 3. The Morgan fingerprint density at radius 1 is 1.22 bits per heavy atom. The van der Waals surface area contributed by atoms with E-state index < -0.39 is 0 Å². The van der Waals surface area contributed by atoms with Crippen LogP contribution >= 0.6 is 11.6 Å². The fourth-order valence-corrected chi connectivity index (χ4v) is 4.71. The first-order valence-corrected chi connectivity index (χ1v) is 10.1. The predicted molar refractivity (Wildman–Crippen MR) is 107 cm³/mol. The fourth-order valence-electron chi connectivity index (χ4n) is 4.51. The van der Waals surface area contributed by atoms with Gasteiger partial charge in [-0.15, -0.1) is 0 Å². The molecule has 144 valence electrons. The second-order valence-corrected chi connectivity index (χ2v) is 8.42. The lowest BCUT2D eigenvalue weighted by Gasteiger charge is -2.38. The smallest absolute Gasteiger partial charge is 0.257 e. The number of likely N-dealkylation sites (tertiary alicyclic amines) is 1. The van der Waals surface area contributed by atoms with E-state index in [0.717, 1.165) is 66.6 Å². The van der Waals surface area contributed by atoms with Gasteiger partial charge in [0.05, 0.1) is 17.8 Å². The van der Waals surface area contributed by atoms with E-state index in [4.69, 9.17) is 11.6 Å². The highest BCUT2D eigenvalue weighted by molar-refractivity contribution is 6.31. The number of piperidine rings is 1. The van der Waals surface area contributed by atoms with Crippen LogP contribution in [0.15, 0.2) is 24.3 Å². The zero-order valence-corrected chi connectivity index (χ0v) is 16.9. The van der Waals surface area contributed by atoms with Crippen molar-refractivity contribution in [1.82, 2.24) is 20.0 Å². The molecule has 1 aromatic carbocycles. The summed E-state index contributed by atoms with van der Waals surface area (Å²) in [6.45, 7) is 8.38. The zero-order chi connectivity index (χ0) is 19.0. The molecule has 2 aliphatic rings. The van der Waals surface area contributed by atoms with Crippen LogP contribution in [0.3, 0.4) is 0 Å². The van der Waals surface area contributed by atoms with Gasteiger partial charge in [0.15, 0.2) is 0 Å². The van der Waals surface area contributed by atoms with E-state index in [1.54, 1.807) is 0 Å². The van der Waals surface area contributed by atoms with Crippen LogP contribution in [0, 0.1) is 19.3 Å². The molecule has 3 heterocycles. The summed E-state index contributed by atoms with van der Waals surface area (Å²) in [5.74, 6) is 0.121. The highest BCUT2D eigenvalue weighted by Gasteiger charge is 2.38. The molecule has 1 N–H and O–H groups in total. The summed E-state index contributed by atoms with van der Waals surface area (Å²) in [6.07, 6.45) is 3.43. The van der Waals surface area contributed by atoms with Crippen LogP contribution in [0.4, 0.5) is 0 Å². The van der Waals surface area contributed by atoms with E-state index in [1.807, 2.05) is 47.7 Å². The predicted octanol–water partition coefficient (Wildman–Crippen LogP) is 3.42. The van der Waals surface area contributed by atoms with Crippen LogP contribution in [0.5, 0.6) is 0 Å². The minimum Gasteiger partial charge on any atom is -0.338 e. The molecule has 4 rings (SSSR count). The Morgan fingerprint density at radius 2 is 1.96 bits per heavy atom. The molecule has 2 aliphatic heterocycles. The van der Waals surface area contributed by atoms with Crippen molar-refractivity contribution in [3.63, 3.8) is 0 Å². The maximum absolute atomic E-state index is 13.2. The molecule has 0 aliphatic carbocycles. The van der Waals surface area contributed by atoms with Gasteiger partial charge >= 0.3 is 0 Å². The van der Waals surface area contributed by atoms with Crippen LogP contribution in [-0.2, 0) is 6.54 Å². The quantitative estimate of drug-likeness (QED) is 0.879. The average molecular weight is 387 g/mol. The molecular formula is C21H27ClN4O. The Balaban J connectivity index is 1.51. The number of aromatic nitrogens is 2. The van der Waals surface area contributed by atoms with Gasteiger partial charge in [-0.05, 0) is 56.7 Å². The largest absolute Gasteiger partial charge is 0.338 e. The van der Waals surface area contributed by atoms with Crippen molar-refractivity contribution >= 4 is 17.5 Å². The van der Waals surface area contributed by atoms with Gasteiger partial charge in [-0.2, -0.15) is 5.10 Å². The standard InChI is InChI=1S/C21H27ClN4O/c1-15-19(16(2)26(24-15)13-17-5-3-4-6-18(17)22)20(27)25-11-8-21(9-12-25)7-10-23-14-21/h3-6,23H,7-14H2,1-2H3. The summed E-state index contributed by atoms with van der Waals surface area (Å²) in [7, 11) is 0. The maximum Gasteiger partial charge on any atom is 0.257 e. The highest BCUT2D eigenvalue weighted by atomic mass is 35.5. The van der Waals surface area contributed by atoms with Gasteiger partial charge in [0.2, 0.25) is 0 Å². The number of hydrogen-bond acceptors (Lipinski definition) is 3. The summed E-state index contributed by atoms with van der Waals surface area (Å²) in [6, 6.07) is 7.78. The van der Waals surface area contributed by atoms with E-state index in [-0.39, 0.29) is 5.91 Å². The molecule has 6 heteroatoms. The highest BCUT2D eigenvalue weighted by Crippen LogP contribution is 2.37. The lowest BCUT2D eigenvalue weighted by Crippen LogP contribution is -2.44. The van der Waals surface area contributed by atoms with Crippen molar-refractivity contribution in [2.75, 3.05) is 26.2 Å². The van der Waals surface area contributed by atoms with Gasteiger partial charge in [-0.3, -0.25) is 9.48 Å². The number of hydrogen-bond donors (Lipinski definition) is 1. The van der Waals surface area contributed by atoms with Gasteiger partial charge in [0.25, 0.3) is 5.91 Å². The summed E-state index contributed by atoms with van der Waals surface area (Å²) >= 11 is 6.30. The van der Waals surface area contributed by atoms with Crippen LogP contribution in [0.25, 0.3) is 0 Å². The first-order valence-electron chi connectivity index (χ1n) is 9.76. The van der Waals surface area contributed by atoms with Crippen molar-refractivity contribution in [3.05, 3.63) is 51.8 Å². The third-order valence-corrected chi connectivity index (χ3v) is 6.69. The number of carbonyl (C=O) groups is 1. The Morgan fingerprint density at radius 3 is 2.63 bits per heavy atom. The maximum atomic E-state index is 13.2. The molecule has 2 aromatic rings. The first-order chi connectivity index (χ1) is 13.0. The van der Waals surface area contributed by atoms with Crippen molar-refractivity contribution in [2.24, 2.45) is 5.41 Å². The molecule has 2 fully saturated rings. The van der Waals surface area contributed by atoms with Crippen molar-refractivity contribution in [1.29, 1.82) is 0 Å². The third kappa shape index (κ3) is 3.50. The van der Waals surface area contributed by atoms with E-state index >= 15 is 0 Å². The Bertz CT molecular complexity index is 844. The van der Waals surface area contributed by atoms with E-state index in [0.29, 0.717) is 12.0 Å². The second-order valence-electron chi connectivity index (χ2n) is 8.01. The van der Waals surface area contributed by atoms with Crippen LogP contribution in [0.2, 0.25) is 5.02 Å². The zero-order valence-electron chi connectivity index (χ0n) is 16.1. The second kappa shape index (κ2) is 7.28. The number of nitrogens with one attached hydrogen (secondary N) is 1. The number of aryl methyl sites for hydroxylation is 1. The van der Waals surface area contributed by atoms with E-state index in [9.17, 15) is 4.79 Å². The monoisotopic (exact) mass is 386 g/mol. The van der Waals surface area contributed by atoms with Crippen LogP contribution in [-0.4, -0.2) is 46.8 Å². The summed E-state index contributed by atoms with van der Waals surface area (Å²) in [5, 5.41) is 8.84. The summed E-state index contributed by atoms with van der Waals surface area (Å²) in [5.41, 5.74) is 3.89. The summed E-state index contributed by atoms with van der Waals surface area (Å²) in [4.78, 5) is 15.2. The number of amides is 1. The van der Waals surface area contributed by atoms with Crippen molar-refractivity contribution in [3.8, 4) is 0 Å². The van der Waals surface area contributed by atoms with Gasteiger partial charge in [0, 0.05) is 30.4 Å². The normalized spacial score (nSPS) is 19.0. The lowest BCUT2D eigenvalue weighted by molar-refractivity contribution is 0.0606. The molecule has 27 heavy (non-hydrogen) atoms. The Kier molecular flexibility index (Phi) is 4.99. The fraction of sp³-hybridized carbons (Fsp3) is 0.524. The molecule has 0 bridgehead atoms. The molecule has 0 saturated carbocycles. The number of benzene rings is 1. The Labute approximate surface area is 165 Å². The van der Waals surface area contributed by atoms with Gasteiger partial charge < -0.3 is 10.2 Å². The molecule has 5 nitrogen and oxygen atoms in total. The van der Waals surface area contributed by atoms with Gasteiger partial charge in [-0.1, -0.05) is 29.8 Å². The lowest BCUT2D eigenvalue weighted by atomic mass is 9.78. The average Bonchev–Trinajstić information content (AvgIpc) is 3.22. The number of rotatable bonds is 3. The minimum absolute atomic E-state index is 0.121. The number of halogens is 1.